The van der Waals surface area contributed by atoms with Crippen molar-refractivity contribution in [2.45, 2.75) is 23.0 Å². The fourth-order valence-electron chi connectivity index (χ4n) is 3.39. The van der Waals surface area contributed by atoms with Gasteiger partial charge < -0.3 is 10.2 Å². The molecule has 0 heterocycles. The van der Waals surface area contributed by atoms with Gasteiger partial charge in [0.05, 0.1) is 16.8 Å². The fraction of sp³-hybridized carbons (Fsp3) is 0.278. The summed E-state index contributed by atoms with van der Waals surface area (Å²) in [5, 5.41) is 18.3. The SMILES string of the molecule is Cc1ccc(S(=O)(=O)[C@H]2[C@H](c3ccc(Br)cc3)[C@@]2(CO)C(=O)O)cc1. The van der Waals surface area contributed by atoms with Gasteiger partial charge in [0, 0.05) is 10.4 Å². The maximum Gasteiger partial charge on any atom is 0.314 e. The molecule has 1 fully saturated rings. The van der Waals surface area contributed by atoms with E-state index in [1.54, 1.807) is 36.4 Å². The molecule has 0 bridgehead atoms. The lowest BCUT2D eigenvalue weighted by molar-refractivity contribution is -0.145. The minimum atomic E-state index is -3.91. The Morgan fingerprint density at radius 2 is 1.68 bits per heavy atom. The Hall–Kier alpha value is -1.70. The summed E-state index contributed by atoms with van der Waals surface area (Å²) in [4.78, 5) is 11.9. The number of halogens is 1. The molecule has 0 aromatic heterocycles. The molecule has 0 radical (unpaired) electrons. The molecule has 0 amide bonds. The van der Waals surface area contributed by atoms with Crippen molar-refractivity contribution in [2.75, 3.05) is 6.61 Å². The second-order valence-electron chi connectivity index (χ2n) is 6.31. The molecule has 0 aliphatic heterocycles. The van der Waals surface area contributed by atoms with Gasteiger partial charge in [-0.2, -0.15) is 0 Å². The number of rotatable bonds is 5. The lowest BCUT2D eigenvalue weighted by Crippen LogP contribution is -2.27. The number of carbonyl (C=O) groups is 1. The number of carboxylic acids is 1. The third-order valence-corrected chi connectivity index (χ3v) is 7.65. The molecule has 2 aromatic rings. The molecule has 0 unspecified atom stereocenters. The monoisotopic (exact) mass is 424 g/mol. The molecule has 2 aromatic carbocycles. The number of aliphatic hydroxyl groups excluding tert-OH is 1. The summed E-state index contributed by atoms with van der Waals surface area (Å²) >= 11 is 3.30. The average Bonchev–Trinajstić information content (AvgIpc) is 3.27. The summed E-state index contributed by atoms with van der Waals surface area (Å²) in [5.41, 5.74) is -0.233. The predicted octanol–water partition coefficient (Wildman–Crippen LogP) is 2.76. The highest BCUT2D eigenvalue weighted by Crippen LogP contribution is 2.64. The van der Waals surface area contributed by atoms with Crippen LogP contribution < -0.4 is 0 Å². The minimum Gasteiger partial charge on any atom is -0.481 e. The standard InChI is InChI=1S/C18H17BrO5S/c1-11-2-8-14(9-3-11)25(23,24)16-15(18(16,10-20)17(21)22)12-4-6-13(19)7-5-12/h2-9,15-16,20H,10H2,1H3,(H,21,22)/t15-,16-,18+/m0/s1. The number of carboxylic acid groups (broad SMARTS) is 1. The summed E-state index contributed by atoms with van der Waals surface area (Å²) < 4.78 is 26.9. The number of sulfone groups is 1. The van der Waals surface area contributed by atoms with E-state index in [-0.39, 0.29) is 4.90 Å². The van der Waals surface area contributed by atoms with Crippen molar-refractivity contribution < 1.29 is 23.4 Å². The van der Waals surface area contributed by atoms with E-state index in [4.69, 9.17) is 0 Å². The van der Waals surface area contributed by atoms with Gasteiger partial charge in [-0.05, 0) is 36.8 Å². The summed E-state index contributed by atoms with van der Waals surface area (Å²) in [6.45, 7) is 1.10. The van der Waals surface area contributed by atoms with Crippen LogP contribution in [0.4, 0.5) is 0 Å². The number of aliphatic carboxylic acids is 1. The van der Waals surface area contributed by atoms with Gasteiger partial charge in [-0.3, -0.25) is 4.79 Å². The number of benzene rings is 2. The van der Waals surface area contributed by atoms with E-state index in [1.807, 2.05) is 6.92 Å². The lowest BCUT2D eigenvalue weighted by Gasteiger charge is -2.09. The van der Waals surface area contributed by atoms with Crippen LogP contribution in [-0.2, 0) is 14.6 Å². The molecule has 5 nitrogen and oxygen atoms in total. The number of aliphatic hydroxyl groups is 1. The first-order chi connectivity index (χ1) is 11.7. The van der Waals surface area contributed by atoms with Crippen molar-refractivity contribution in [2.24, 2.45) is 5.41 Å². The van der Waals surface area contributed by atoms with Crippen LogP contribution in [0, 0.1) is 12.3 Å². The van der Waals surface area contributed by atoms with E-state index in [1.165, 1.54) is 12.1 Å². The maximum atomic E-state index is 13.1. The van der Waals surface area contributed by atoms with Crippen LogP contribution in [0.15, 0.2) is 57.9 Å². The molecule has 0 saturated heterocycles. The van der Waals surface area contributed by atoms with Crippen molar-refractivity contribution in [1.29, 1.82) is 0 Å². The van der Waals surface area contributed by atoms with E-state index in [0.29, 0.717) is 5.56 Å². The van der Waals surface area contributed by atoms with Crippen molar-refractivity contribution in [3.8, 4) is 0 Å². The Morgan fingerprint density at radius 1 is 1.12 bits per heavy atom. The van der Waals surface area contributed by atoms with E-state index >= 15 is 0 Å². The Kier molecular flexibility index (Phi) is 4.51. The third kappa shape index (κ3) is 2.80. The molecule has 25 heavy (non-hydrogen) atoms. The van der Waals surface area contributed by atoms with E-state index < -0.39 is 39.0 Å². The number of hydrogen-bond donors (Lipinski definition) is 2. The van der Waals surface area contributed by atoms with Gasteiger partial charge in [-0.25, -0.2) is 8.42 Å². The molecule has 2 N–H and O–H groups in total. The Balaban J connectivity index is 2.10. The summed E-state index contributed by atoms with van der Waals surface area (Å²) in [7, 11) is -3.91. The van der Waals surface area contributed by atoms with Gasteiger partial charge in [0.25, 0.3) is 0 Å². The molecule has 132 valence electrons. The highest BCUT2D eigenvalue weighted by molar-refractivity contribution is 9.10. The van der Waals surface area contributed by atoms with Crippen LogP contribution in [0.1, 0.15) is 17.0 Å². The highest BCUT2D eigenvalue weighted by Gasteiger charge is 2.75. The minimum absolute atomic E-state index is 0.0711. The van der Waals surface area contributed by atoms with Crippen LogP contribution in [-0.4, -0.2) is 36.5 Å². The summed E-state index contributed by atoms with van der Waals surface area (Å²) in [6.07, 6.45) is 0. The number of aryl methyl sites for hydroxylation is 1. The van der Waals surface area contributed by atoms with E-state index in [9.17, 15) is 23.4 Å². The quantitative estimate of drug-likeness (QED) is 0.769. The summed E-state index contributed by atoms with van der Waals surface area (Å²) in [6, 6.07) is 13.1. The first-order valence-corrected chi connectivity index (χ1v) is 9.99. The smallest absolute Gasteiger partial charge is 0.314 e. The topological polar surface area (TPSA) is 91.7 Å². The predicted molar refractivity (Wildman–Crippen MR) is 96.2 cm³/mol. The first-order valence-electron chi connectivity index (χ1n) is 7.65. The Bertz CT molecular complexity index is 905. The molecule has 0 spiro atoms. The van der Waals surface area contributed by atoms with E-state index in [2.05, 4.69) is 15.9 Å². The van der Waals surface area contributed by atoms with Gasteiger partial charge in [0.1, 0.15) is 5.41 Å². The Labute approximate surface area is 154 Å². The molecule has 1 aliphatic carbocycles. The van der Waals surface area contributed by atoms with Crippen molar-refractivity contribution >= 4 is 31.7 Å². The molecular formula is C18H17BrO5S. The average molecular weight is 425 g/mol. The molecule has 3 rings (SSSR count). The Morgan fingerprint density at radius 3 is 2.16 bits per heavy atom. The summed E-state index contributed by atoms with van der Waals surface area (Å²) in [5.74, 6) is -2.10. The zero-order chi connectivity index (χ0) is 18.4. The van der Waals surface area contributed by atoms with E-state index in [0.717, 1.165) is 10.0 Å². The second-order valence-corrected chi connectivity index (χ2v) is 9.30. The van der Waals surface area contributed by atoms with Crippen molar-refractivity contribution in [3.05, 3.63) is 64.1 Å². The molecule has 1 saturated carbocycles. The molecular weight excluding hydrogens is 408 g/mol. The maximum absolute atomic E-state index is 13.1. The lowest BCUT2D eigenvalue weighted by atomic mass is 10.0. The third-order valence-electron chi connectivity index (χ3n) is 4.83. The van der Waals surface area contributed by atoms with Gasteiger partial charge >= 0.3 is 5.97 Å². The molecule has 7 heteroatoms. The van der Waals surface area contributed by atoms with Crippen LogP contribution in [0.3, 0.4) is 0 Å². The van der Waals surface area contributed by atoms with Crippen LogP contribution in [0.5, 0.6) is 0 Å². The number of hydrogen-bond acceptors (Lipinski definition) is 4. The van der Waals surface area contributed by atoms with Gasteiger partial charge in [0.15, 0.2) is 9.84 Å². The molecule has 3 atom stereocenters. The zero-order valence-corrected chi connectivity index (χ0v) is 15.8. The first kappa shape index (κ1) is 18.1. The zero-order valence-electron chi connectivity index (χ0n) is 13.4. The van der Waals surface area contributed by atoms with Crippen LogP contribution >= 0.6 is 15.9 Å². The van der Waals surface area contributed by atoms with Crippen molar-refractivity contribution in [3.63, 3.8) is 0 Å². The van der Waals surface area contributed by atoms with Crippen LogP contribution in [0.25, 0.3) is 0 Å². The van der Waals surface area contributed by atoms with Gasteiger partial charge in [-0.15, -0.1) is 0 Å². The normalized spacial score (nSPS) is 25.6. The van der Waals surface area contributed by atoms with Gasteiger partial charge in [-0.1, -0.05) is 45.8 Å². The fourth-order valence-corrected chi connectivity index (χ4v) is 6.02. The largest absolute Gasteiger partial charge is 0.481 e. The molecule has 1 aliphatic rings. The van der Waals surface area contributed by atoms with Crippen molar-refractivity contribution in [1.82, 2.24) is 0 Å². The highest BCUT2D eigenvalue weighted by atomic mass is 79.9. The van der Waals surface area contributed by atoms with Gasteiger partial charge in [0.2, 0.25) is 0 Å². The second kappa shape index (κ2) is 6.23. The van der Waals surface area contributed by atoms with Crippen LogP contribution in [0.2, 0.25) is 0 Å².